The van der Waals surface area contributed by atoms with Crippen molar-refractivity contribution in [1.82, 2.24) is 14.9 Å². The number of carbonyl (C=O) groups excluding carboxylic acids is 1. The lowest BCUT2D eigenvalue weighted by molar-refractivity contribution is -0.133. The van der Waals surface area contributed by atoms with Crippen LogP contribution in [-0.2, 0) is 11.2 Å². The van der Waals surface area contributed by atoms with Gasteiger partial charge in [0.2, 0.25) is 5.71 Å². The normalized spacial score (nSPS) is 11.1. The summed E-state index contributed by atoms with van der Waals surface area (Å²) in [6, 6.07) is 1.16. The Morgan fingerprint density at radius 1 is 1.32 bits per heavy atom. The van der Waals surface area contributed by atoms with E-state index in [0.717, 1.165) is 0 Å². The van der Waals surface area contributed by atoms with E-state index in [1.54, 1.807) is 4.90 Å². The van der Waals surface area contributed by atoms with Gasteiger partial charge < -0.3 is 14.1 Å². The Bertz CT molecular complexity index is 865. The van der Waals surface area contributed by atoms with Crippen LogP contribution in [0.15, 0.2) is 20.1 Å². The van der Waals surface area contributed by atoms with E-state index in [1.165, 1.54) is 6.07 Å². The van der Waals surface area contributed by atoms with E-state index in [4.69, 9.17) is 9.15 Å². The van der Waals surface area contributed by atoms with Gasteiger partial charge in [0, 0.05) is 19.2 Å². The molecule has 136 valence electrons. The van der Waals surface area contributed by atoms with Crippen molar-refractivity contribution in [2.24, 2.45) is 5.92 Å². The summed E-state index contributed by atoms with van der Waals surface area (Å²) in [6.07, 6.45) is 0.549. The van der Waals surface area contributed by atoms with Gasteiger partial charge in [0.1, 0.15) is 5.39 Å². The first-order valence-corrected chi connectivity index (χ1v) is 8.33. The number of hydrogen-bond donors (Lipinski definition) is 1. The molecular formula is C17H23N3O5. The average Bonchev–Trinajstić information content (AvgIpc) is 2.52. The summed E-state index contributed by atoms with van der Waals surface area (Å²) in [5.74, 6) is 0.0368. The molecule has 2 rings (SSSR count). The molecular weight excluding hydrogens is 326 g/mol. The van der Waals surface area contributed by atoms with Crippen LogP contribution in [-0.4, -0.2) is 40.5 Å². The molecule has 0 spiro atoms. The summed E-state index contributed by atoms with van der Waals surface area (Å²) in [5, 5.41) is 0.232. The molecule has 0 unspecified atom stereocenters. The van der Waals surface area contributed by atoms with Crippen molar-refractivity contribution in [3.05, 3.63) is 32.4 Å². The monoisotopic (exact) mass is 349 g/mol. The number of aromatic amines is 1. The van der Waals surface area contributed by atoms with Crippen LogP contribution in [0.2, 0.25) is 0 Å². The molecule has 1 amide bonds. The minimum atomic E-state index is -0.577. The molecule has 0 atom stereocenters. The number of ether oxygens (including phenoxy) is 1. The van der Waals surface area contributed by atoms with Crippen molar-refractivity contribution < 1.29 is 13.9 Å². The average molecular weight is 349 g/mol. The molecule has 2 aromatic heterocycles. The van der Waals surface area contributed by atoms with Crippen molar-refractivity contribution in [2.75, 3.05) is 19.7 Å². The first kappa shape index (κ1) is 18.7. The van der Waals surface area contributed by atoms with Gasteiger partial charge in [-0.2, -0.15) is 4.98 Å². The van der Waals surface area contributed by atoms with Crippen molar-refractivity contribution >= 4 is 17.0 Å². The molecule has 8 heteroatoms. The van der Waals surface area contributed by atoms with Crippen LogP contribution in [0.4, 0.5) is 0 Å². The Hall–Kier alpha value is -2.64. The Balaban J connectivity index is 2.34. The second-order valence-corrected chi connectivity index (χ2v) is 6.09. The number of nitrogens with one attached hydrogen (secondary N) is 1. The molecule has 2 heterocycles. The highest BCUT2D eigenvalue weighted by Crippen LogP contribution is 2.16. The van der Waals surface area contributed by atoms with Gasteiger partial charge in [-0.15, -0.1) is 0 Å². The van der Waals surface area contributed by atoms with Gasteiger partial charge >= 0.3 is 5.63 Å². The highest BCUT2D eigenvalue weighted by Gasteiger charge is 2.16. The van der Waals surface area contributed by atoms with E-state index in [2.05, 4.69) is 9.97 Å². The zero-order valence-corrected chi connectivity index (χ0v) is 14.9. The smallest absolute Gasteiger partial charge is 0.337 e. The van der Waals surface area contributed by atoms with Gasteiger partial charge in [0.25, 0.3) is 17.5 Å². The number of H-pyrrole nitrogens is 1. The van der Waals surface area contributed by atoms with Crippen LogP contribution in [0.3, 0.4) is 0 Å². The highest BCUT2D eigenvalue weighted by molar-refractivity contribution is 5.78. The van der Waals surface area contributed by atoms with E-state index < -0.39 is 11.2 Å². The van der Waals surface area contributed by atoms with Gasteiger partial charge in [-0.05, 0) is 31.7 Å². The number of nitrogens with zero attached hydrogens (tertiary/aromatic N) is 2. The number of hydrogen-bond acceptors (Lipinski definition) is 6. The predicted octanol–water partition coefficient (Wildman–Crippen LogP) is 1.32. The van der Waals surface area contributed by atoms with Crippen molar-refractivity contribution in [3.63, 3.8) is 0 Å². The highest BCUT2D eigenvalue weighted by atomic mass is 16.5. The number of rotatable bonds is 7. The molecule has 0 aliphatic carbocycles. The molecule has 0 saturated carbocycles. The fourth-order valence-electron chi connectivity index (χ4n) is 2.60. The molecule has 1 N–H and O–H groups in total. The maximum atomic E-state index is 12.4. The number of likely N-dealkylation sites (N-methyl/N-ethyl adjacent to an activating group) is 1. The van der Waals surface area contributed by atoms with Crippen molar-refractivity contribution in [1.29, 1.82) is 0 Å². The standard InChI is InChI=1S/C17H23N3O5/c1-5-20(6-2)12(21)9-24-17-18-15(23)14-11(7-10(3)4)8-13(22)25-16(14)19-17/h8,10H,5-7,9H2,1-4H3,(H,18,19,23). The summed E-state index contributed by atoms with van der Waals surface area (Å²) < 4.78 is 10.3. The molecule has 8 nitrogen and oxygen atoms in total. The molecule has 2 aromatic rings. The third-order valence-corrected chi connectivity index (χ3v) is 3.75. The predicted molar refractivity (Wildman–Crippen MR) is 92.9 cm³/mol. The zero-order valence-electron chi connectivity index (χ0n) is 14.9. The molecule has 0 aliphatic rings. The maximum absolute atomic E-state index is 12.4. The summed E-state index contributed by atoms with van der Waals surface area (Å²) in [6.45, 7) is 8.56. The summed E-state index contributed by atoms with van der Waals surface area (Å²) in [5.41, 5.74) is -0.543. The second kappa shape index (κ2) is 7.96. The number of aromatic nitrogens is 2. The minimum Gasteiger partial charge on any atom is -0.455 e. The second-order valence-electron chi connectivity index (χ2n) is 6.09. The quantitative estimate of drug-likeness (QED) is 0.808. The van der Waals surface area contributed by atoms with Crippen LogP contribution in [0, 0.1) is 5.92 Å². The molecule has 0 aromatic carbocycles. The van der Waals surface area contributed by atoms with Crippen LogP contribution in [0.5, 0.6) is 6.01 Å². The van der Waals surface area contributed by atoms with E-state index in [0.29, 0.717) is 25.1 Å². The van der Waals surface area contributed by atoms with Crippen molar-refractivity contribution in [2.45, 2.75) is 34.1 Å². The van der Waals surface area contributed by atoms with E-state index in [9.17, 15) is 14.4 Å². The van der Waals surface area contributed by atoms with Crippen LogP contribution >= 0.6 is 0 Å². The molecule has 0 saturated heterocycles. The topological polar surface area (TPSA) is 106 Å². The third kappa shape index (κ3) is 4.46. The first-order chi connectivity index (χ1) is 11.8. The Morgan fingerprint density at radius 3 is 2.60 bits per heavy atom. The molecule has 0 radical (unpaired) electrons. The van der Waals surface area contributed by atoms with E-state index >= 15 is 0 Å². The van der Waals surface area contributed by atoms with E-state index in [-0.39, 0.29) is 35.5 Å². The fourth-order valence-corrected chi connectivity index (χ4v) is 2.60. The van der Waals surface area contributed by atoms with Crippen molar-refractivity contribution in [3.8, 4) is 6.01 Å². The minimum absolute atomic E-state index is 0.0859. The summed E-state index contributed by atoms with van der Waals surface area (Å²) in [7, 11) is 0. The van der Waals surface area contributed by atoms with Gasteiger partial charge in [-0.25, -0.2) is 4.79 Å². The first-order valence-electron chi connectivity index (χ1n) is 8.33. The summed E-state index contributed by atoms with van der Waals surface area (Å²) >= 11 is 0. The Kier molecular flexibility index (Phi) is 5.95. The molecule has 25 heavy (non-hydrogen) atoms. The molecule has 0 bridgehead atoms. The lowest BCUT2D eigenvalue weighted by Crippen LogP contribution is -2.34. The number of fused-ring (bicyclic) bond motifs is 1. The Labute approximate surface area is 144 Å². The van der Waals surface area contributed by atoms with Gasteiger partial charge in [0.15, 0.2) is 6.61 Å². The maximum Gasteiger partial charge on any atom is 0.337 e. The fraction of sp³-hybridized carbons (Fsp3) is 0.529. The number of carbonyl (C=O) groups is 1. The van der Waals surface area contributed by atoms with E-state index in [1.807, 2.05) is 27.7 Å². The molecule has 0 aliphatic heterocycles. The van der Waals surface area contributed by atoms with Crippen LogP contribution < -0.4 is 15.9 Å². The zero-order chi connectivity index (χ0) is 18.6. The van der Waals surface area contributed by atoms with Gasteiger partial charge in [-0.1, -0.05) is 13.8 Å². The number of amides is 1. The Morgan fingerprint density at radius 2 is 2.00 bits per heavy atom. The van der Waals surface area contributed by atoms with Gasteiger partial charge in [0.05, 0.1) is 0 Å². The third-order valence-electron chi connectivity index (χ3n) is 3.75. The van der Waals surface area contributed by atoms with Crippen LogP contribution in [0.1, 0.15) is 33.3 Å². The van der Waals surface area contributed by atoms with Crippen LogP contribution in [0.25, 0.3) is 11.1 Å². The lowest BCUT2D eigenvalue weighted by Gasteiger charge is -2.18. The molecule has 0 fully saturated rings. The lowest BCUT2D eigenvalue weighted by atomic mass is 10.0. The van der Waals surface area contributed by atoms with Gasteiger partial charge in [-0.3, -0.25) is 14.6 Å². The largest absolute Gasteiger partial charge is 0.455 e. The SMILES string of the molecule is CCN(CC)C(=O)COc1nc2oc(=O)cc(CC(C)C)c2c(=O)[nH]1. The summed E-state index contributed by atoms with van der Waals surface area (Å²) in [4.78, 5) is 44.2.